The maximum Gasteiger partial charge on any atom is 0.130 e. The van der Waals surface area contributed by atoms with Crippen LogP contribution in [0.1, 0.15) is 24.1 Å². The Morgan fingerprint density at radius 3 is 2.40 bits per heavy atom. The predicted molar refractivity (Wildman–Crippen MR) is 69.7 cm³/mol. The van der Waals surface area contributed by atoms with Gasteiger partial charge in [-0.05, 0) is 31.2 Å². The van der Waals surface area contributed by atoms with Crippen molar-refractivity contribution in [2.75, 3.05) is 0 Å². The molecule has 0 aromatic heterocycles. The van der Waals surface area contributed by atoms with Gasteiger partial charge in [0.15, 0.2) is 0 Å². The van der Waals surface area contributed by atoms with Crippen molar-refractivity contribution in [1.82, 2.24) is 5.32 Å². The first-order valence-electron chi connectivity index (χ1n) is 6.13. The number of benzene rings is 2. The second-order valence-corrected chi connectivity index (χ2v) is 4.54. The lowest BCUT2D eigenvalue weighted by Gasteiger charge is -2.15. The van der Waals surface area contributed by atoms with Crippen LogP contribution in [0.5, 0.6) is 5.75 Å². The molecule has 0 spiro atoms. The Bertz CT molecular complexity index is 616. The molecule has 0 radical (unpaired) electrons. The lowest BCUT2D eigenvalue weighted by molar-refractivity contribution is 0.455. The van der Waals surface area contributed by atoms with Crippen molar-refractivity contribution in [2.45, 2.75) is 19.5 Å². The van der Waals surface area contributed by atoms with Crippen LogP contribution in [-0.4, -0.2) is 5.11 Å². The van der Waals surface area contributed by atoms with Gasteiger partial charge in [-0.3, -0.25) is 0 Å². The fourth-order valence-electron chi connectivity index (χ4n) is 1.92. The van der Waals surface area contributed by atoms with E-state index in [1.807, 2.05) is 0 Å². The van der Waals surface area contributed by atoms with Crippen LogP contribution in [0.4, 0.5) is 13.2 Å². The molecule has 0 aliphatic carbocycles. The molecule has 2 nitrogen and oxygen atoms in total. The summed E-state index contributed by atoms with van der Waals surface area (Å²) in [5, 5.41) is 12.5. The van der Waals surface area contributed by atoms with Crippen molar-refractivity contribution in [3.05, 3.63) is 65.0 Å². The summed E-state index contributed by atoms with van der Waals surface area (Å²) < 4.78 is 39.5. The molecule has 1 atom stereocenters. The van der Waals surface area contributed by atoms with Crippen molar-refractivity contribution >= 4 is 0 Å². The Morgan fingerprint density at radius 1 is 1.05 bits per heavy atom. The number of hydrogen-bond donors (Lipinski definition) is 2. The molecular weight excluding hydrogens is 267 g/mol. The summed E-state index contributed by atoms with van der Waals surface area (Å²) in [4.78, 5) is 0. The van der Waals surface area contributed by atoms with Gasteiger partial charge in [-0.2, -0.15) is 0 Å². The van der Waals surface area contributed by atoms with E-state index in [1.54, 1.807) is 6.92 Å². The zero-order chi connectivity index (χ0) is 14.7. The highest BCUT2D eigenvalue weighted by molar-refractivity contribution is 5.32. The van der Waals surface area contributed by atoms with Crippen LogP contribution < -0.4 is 5.32 Å². The zero-order valence-electron chi connectivity index (χ0n) is 10.8. The Kier molecular flexibility index (Phi) is 4.29. The third-order valence-corrected chi connectivity index (χ3v) is 3.07. The van der Waals surface area contributed by atoms with Crippen LogP contribution >= 0.6 is 0 Å². The van der Waals surface area contributed by atoms with Crippen molar-refractivity contribution in [3.8, 4) is 5.75 Å². The van der Waals surface area contributed by atoms with Gasteiger partial charge in [0.2, 0.25) is 0 Å². The summed E-state index contributed by atoms with van der Waals surface area (Å²) in [5.74, 6) is -1.78. The average molecular weight is 281 g/mol. The Balaban J connectivity index is 2.08. The van der Waals surface area contributed by atoms with Crippen LogP contribution in [-0.2, 0) is 6.54 Å². The summed E-state index contributed by atoms with van der Waals surface area (Å²) in [7, 11) is 0. The van der Waals surface area contributed by atoms with E-state index in [2.05, 4.69) is 5.32 Å². The number of phenolic OH excluding ortho intramolecular Hbond substituents is 1. The number of nitrogens with one attached hydrogen (secondary N) is 1. The van der Waals surface area contributed by atoms with Crippen molar-refractivity contribution < 1.29 is 18.3 Å². The first-order valence-corrected chi connectivity index (χ1v) is 6.13. The predicted octanol–water partition coefficient (Wildman–Crippen LogP) is 3.66. The van der Waals surface area contributed by atoms with Gasteiger partial charge >= 0.3 is 0 Å². The van der Waals surface area contributed by atoms with Crippen LogP contribution in [0.25, 0.3) is 0 Å². The molecule has 0 heterocycles. The first-order chi connectivity index (χ1) is 9.47. The summed E-state index contributed by atoms with van der Waals surface area (Å²) in [6.45, 7) is 1.87. The largest absolute Gasteiger partial charge is 0.508 e. The van der Waals surface area contributed by atoms with E-state index in [0.29, 0.717) is 11.1 Å². The molecule has 1 unspecified atom stereocenters. The molecule has 0 saturated carbocycles. The van der Waals surface area contributed by atoms with Crippen LogP contribution in [0, 0.1) is 17.5 Å². The van der Waals surface area contributed by atoms with Gasteiger partial charge < -0.3 is 10.4 Å². The lowest BCUT2D eigenvalue weighted by Crippen LogP contribution is -2.19. The highest BCUT2D eigenvalue weighted by Crippen LogP contribution is 2.21. The standard InChI is InChI=1S/C15H14F3NO/c1-9(13-4-2-12(17)7-14(13)18)19-8-10-6-11(16)3-5-15(10)20/h2-7,9,19-20H,8H2,1H3. The van der Waals surface area contributed by atoms with E-state index >= 15 is 0 Å². The highest BCUT2D eigenvalue weighted by Gasteiger charge is 2.12. The summed E-state index contributed by atoms with van der Waals surface area (Å²) in [5.41, 5.74) is 0.682. The first kappa shape index (κ1) is 14.4. The molecule has 2 aromatic rings. The Hall–Kier alpha value is -2.01. The molecule has 106 valence electrons. The van der Waals surface area contributed by atoms with E-state index in [-0.39, 0.29) is 12.3 Å². The molecule has 20 heavy (non-hydrogen) atoms. The molecule has 0 aliphatic rings. The topological polar surface area (TPSA) is 32.3 Å². The van der Waals surface area contributed by atoms with E-state index in [9.17, 15) is 18.3 Å². The maximum absolute atomic E-state index is 13.6. The SMILES string of the molecule is CC(NCc1cc(F)ccc1O)c1ccc(F)cc1F. The van der Waals surface area contributed by atoms with Crippen molar-refractivity contribution in [3.63, 3.8) is 0 Å². The molecule has 5 heteroatoms. The fourth-order valence-corrected chi connectivity index (χ4v) is 1.92. The van der Waals surface area contributed by atoms with E-state index in [4.69, 9.17) is 0 Å². The van der Waals surface area contributed by atoms with Crippen LogP contribution in [0.2, 0.25) is 0 Å². The van der Waals surface area contributed by atoms with Crippen LogP contribution in [0.15, 0.2) is 36.4 Å². The molecule has 2 rings (SSSR count). The van der Waals surface area contributed by atoms with Crippen molar-refractivity contribution in [2.24, 2.45) is 0 Å². The second kappa shape index (κ2) is 5.96. The third kappa shape index (κ3) is 3.30. The quantitative estimate of drug-likeness (QED) is 0.896. The lowest BCUT2D eigenvalue weighted by atomic mass is 10.1. The average Bonchev–Trinajstić information content (AvgIpc) is 2.39. The monoisotopic (exact) mass is 281 g/mol. The maximum atomic E-state index is 13.6. The number of phenols is 1. The van der Waals surface area contributed by atoms with Gasteiger partial charge in [-0.25, -0.2) is 13.2 Å². The summed E-state index contributed by atoms with van der Waals surface area (Å²) >= 11 is 0. The van der Waals surface area contributed by atoms with Crippen molar-refractivity contribution in [1.29, 1.82) is 0 Å². The number of aromatic hydroxyl groups is 1. The number of hydrogen-bond acceptors (Lipinski definition) is 2. The van der Waals surface area contributed by atoms with Crippen LogP contribution in [0.3, 0.4) is 0 Å². The zero-order valence-corrected chi connectivity index (χ0v) is 10.8. The van der Waals surface area contributed by atoms with E-state index in [1.165, 1.54) is 24.3 Å². The summed E-state index contributed by atoms with van der Waals surface area (Å²) in [6, 6.07) is 6.56. The Labute approximate surface area is 114 Å². The van der Waals surface area contributed by atoms with Gasteiger partial charge in [0.05, 0.1) is 0 Å². The smallest absolute Gasteiger partial charge is 0.130 e. The van der Waals surface area contributed by atoms with Gasteiger partial charge in [0, 0.05) is 29.8 Å². The second-order valence-electron chi connectivity index (χ2n) is 4.54. The van der Waals surface area contributed by atoms with Gasteiger partial charge in [-0.15, -0.1) is 0 Å². The normalized spacial score (nSPS) is 12.4. The van der Waals surface area contributed by atoms with Gasteiger partial charge in [0.1, 0.15) is 23.2 Å². The molecule has 0 aliphatic heterocycles. The fraction of sp³-hybridized carbons (Fsp3) is 0.200. The van der Waals surface area contributed by atoms with Gasteiger partial charge in [-0.1, -0.05) is 6.07 Å². The highest BCUT2D eigenvalue weighted by atomic mass is 19.1. The molecule has 0 amide bonds. The minimum atomic E-state index is -0.645. The third-order valence-electron chi connectivity index (χ3n) is 3.07. The van der Waals surface area contributed by atoms with E-state index in [0.717, 1.165) is 12.1 Å². The minimum absolute atomic E-state index is 0.0364. The molecule has 2 N–H and O–H groups in total. The molecule has 0 fully saturated rings. The molecular formula is C15H14F3NO. The molecule has 0 bridgehead atoms. The minimum Gasteiger partial charge on any atom is -0.508 e. The number of rotatable bonds is 4. The van der Waals surface area contributed by atoms with E-state index < -0.39 is 23.5 Å². The molecule has 2 aromatic carbocycles. The molecule has 0 saturated heterocycles. The summed E-state index contributed by atoms with van der Waals surface area (Å²) in [6.07, 6.45) is 0. The van der Waals surface area contributed by atoms with Gasteiger partial charge in [0.25, 0.3) is 0 Å². The Morgan fingerprint density at radius 2 is 1.70 bits per heavy atom. The number of halogens is 3.